The molecule has 0 atom stereocenters. The van der Waals surface area contributed by atoms with Crippen molar-refractivity contribution in [3.05, 3.63) is 48.5 Å². The molecule has 0 aromatic heterocycles. The van der Waals surface area contributed by atoms with Gasteiger partial charge in [0.25, 0.3) is 0 Å². The molecule has 0 amide bonds. The highest BCUT2D eigenvalue weighted by atomic mass is 32.3. The predicted molar refractivity (Wildman–Crippen MR) is 101 cm³/mol. The fourth-order valence-electron chi connectivity index (χ4n) is 1.73. The second-order valence-corrected chi connectivity index (χ2v) is 7.22. The topological polar surface area (TPSA) is 145 Å². The number of benzene rings is 2. The van der Waals surface area contributed by atoms with Gasteiger partial charge in [-0.3, -0.25) is 9.11 Å². The van der Waals surface area contributed by atoms with Gasteiger partial charge in [-0.2, -0.15) is 8.42 Å². The molecule has 6 N–H and O–H groups in total. The average molecular weight is 384 g/mol. The Morgan fingerprint density at radius 2 is 1.08 bits per heavy atom. The fraction of sp³-hybridized carbons (Fsp3) is 0.294. The molecule has 0 aliphatic heterocycles. The van der Waals surface area contributed by atoms with E-state index in [-0.39, 0.29) is 5.41 Å². The van der Waals surface area contributed by atoms with Gasteiger partial charge in [-0.1, -0.05) is 13.8 Å². The summed E-state index contributed by atoms with van der Waals surface area (Å²) in [6.07, 6.45) is 0. The lowest BCUT2D eigenvalue weighted by Crippen LogP contribution is -2.28. The van der Waals surface area contributed by atoms with Crippen LogP contribution in [0.4, 0.5) is 11.4 Å². The van der Waals surface area contributed by atoms with Crippen LogP contribution in [0.15, 0.2) is 48.5 Å². The van der Waals surface area contributed by atoms with Crippen LogP contribution in [0.5, 0.6) is 11.5 Å². The minimum atomic E-state index is -4.67. The Bertz CT molecular complexity index is 714. The second kappa shape index (κ2) is 9.27. The highest BCUT2D eigenvalue weighted by molar-refractivity contribution is 7.79. The molecule has 0 fully saturated rings. The van der Waals surface area contributed by atoms with Gasteiger partial charge in [-0.15, -0.1) is 0 Å². The first-order chi connectivity index (χ1) is 11.9. The van der Waals surface area contributed by atoms with Crippen molar-refractivity contribution in [3.63, 3.8) is 0 Å². The Morgan fingerprint density at radius 3 is 1.35 bits per heavy atom. The third kappa shape index (κ3) is 10.4. The SMILES string of the molecule is CC(C)(COc1ccc(N)cc1)COc1ccc(N)cc1.O=S(=O)(O)O. The molecule has 26 heavy (non-hydrogen) atoms. The van der Waals surface area contributed by atoms with Gasteiger partial charge in [-0.05, 0) is 48.5 Å². The lowest BCUT2D eigenvalue weighted by Gasteiger charge is -2.25. The first kappa shape index (κ1) is 21.6. The molecule has 144 valence electrons. The van der Waals surface area contributed by atoms with Crippen LogP contribution in [0.3, 0.4) is 0 Å². The molecule has 2 rings (SSSR count). The summed E-state index contributed by atoms with van der Waals surface area (Å²) in [5.74, 6) is 1.62. The van der Waals surface area contributed by atoms with Crippen LogP contribution in [0, 0.1) is 5.41 Å². The number of ether oxygens (including phenoxy) is 2. The highest BCUT2D eigenvalue weighted by Gasteiger charge is 2.20. The molecule has 9 heteroatoms. The monoisotopic (exact) mass is 384 g/mol. The summed E-state index contributed by atoms with van der Waals surface area (Å²) in [4.78, 5) is 0. The third-order valence-electron chi connectivity index (χ3n) is 3.02. The van der Waals surface area contributed by atoms with Crippen molar-refractivity contribution in [2.75, 3.05) is 24.7 Å². The second-order valence-electron chi connectivity index (χ2n) is 6.33. The first-order valence-electron chi connectivity index (χ1n) is 7.61. The Labute approximate surface area is 153 Å². The summed E-state index contributed by atoms with van der Waals surface area (Å²) in [7, 11) is -4.67. The van der Waals surface area contributed by atoms with Gasteiger partial charge in [0.15, 0.2) is 0 Å². The Balaban J connectivity index is 0.000000597. The van der Waals surface area contributed by atoms with Gasteiger partial charge in [0.05, 0.1) is 13.2 Å². The number of hydrogen-bond acceptors (Lipinski definition) is 6. The van der Waals surface area contributed by atoms with Crippen molar-refractivity contribution in [2.45, 2.75) is 13.8 Å². The Hall–Kier alpha value is -2.49. The molecule has 0 unspecified atom stereocenters. The molecule has 0 radical (unpaired) electrons. The minimum absolute atomic E-state index is 0.108. The summed E-state index contributed by atoms with van der Waals surface area (Å²) >= 11 is 0. The largest absolute Gasteiger partial charge is 0.493 e. The summed E-state index contributed by atoms with van der Waals surface area (Å²) in [6, 6.07) is 14.8. The summed E-state index contributed by atoms with van der Waals surface area (Å²) in [5.41, 5.74) is 12.6. The molecule has 0 heterocycles. The van der Waals surface area contributed by atoms with E-state index in [9.17, 15) is 0 Å². The number of anilines is 2. The lowest BCUT2D eigenvalue weighted by atomic mass is 9.96. The first-order valence-corrected chi connectivity index (χ1v) is 9.01. The van der Waals surface area contributed by atoms with Crippen LogP contribution in [0.1, 0.15) is 13.8 Å². The summed E-state index contributed by atoms with van der Waals surface area (Å²) in [6.45, 7) is 5.32. The van der Waals surface area contributed by atoms with E-state index < -0.39 is 10.4 Å². The lowest BCUT2D eigenvalue weighted by molar-refractivity contribution is 0.110. The molecule has 0 spiro atoms. The molecule has 8 nitrogen and oxygen atoms in total. The molecular weight excluding hydrogens is 360 g/mol. The predicted octanol–water partition coefficient (Wildman–Crippen LogP) is 2.68. The Morgan fingerprint density at radius 1 is 0.808 bits per heavy atom. The molecular formula is C17H24N2O6S. The zero-order valence-corrected chi connectivity index (χ0v) is 15.4. The van der Waals surface area contributed by atoms with Crippen LogP contribution in [-0.2, 0) is 10.4 Å². The van der Waals surface area contributed by atoms with E-state index in [1.54, 1.807) is 0 Å². The zero-order chi connectivity index (χ0) is 19.8. The van der Waals surface area contributed by atoms with E-state index in [4.69, 9.17) is 38.5 Å². The van der Waals surface area contributed by atoms with Crippen molar-refractivity contribution < 1.29 is 27.0 Å². The molecule has 2 aromatic carbocycles. The number of nitrogens with two attached hydrogens (primary N) is 2. The van der Waals surface area contributed by atoms with Gasteiger partial charge >= 0.3 is 10.4 Å². The number of hydrogen-bond donors (Lipinski definition) is 4. The van der Waals surface area contributed by atoms with Gasteiger partial charge in [0.2, 0.25) is 0 Å². The average Bonchev–Trinajstić information content (AvgIpc) is 2.52. The van der Waals surface area contributed by atoms with Crippen molar-refractivity contribution >= 4 is 21.8 Å². The van der Waals surface area contributed by atoms with Crippen LogP contribution < -0.4 is 20.9 Å². The maximum absolute atomic E-state index is 8.74. The molecule has 0 bridgehead atoms. The normalized spacial score (nSPS) is 11.2. The maximum atomic E-state index is 8.74. The zero-order valence-electron chi connectivity index (χ0n) is 14.6. The summed E-state index contributed by atoms with van der Waals surface area (Å²) < 4.78 is 43.1. The van der Waals surface area contributed by atoms with Gasteiger partial charge < -0.3 is 20.9 Å². The Kier molecular flexibility index (Phi) is 7.69. The molecule has 0 aliphatic carbocycles. The van der Waals surface area contributed by atoms with E-state index in [1.807, 2.05) is 48.5 Å². The van der Waals surface area contributed by atoms with E-state index in [0.29, 0.717) is 13.2 Å². The van der Waals surface area contributed by atoms with Crippen LogP contribution in [0.25, 0.3) is 0 Å². The van der Waals surface area contributed by atoms with Gasteiger partial charge in [-0.25, -0.2) is 0 Å². The highest BCUT2D eigenvalue weighted by Crippen LogP contribution is 2.22. The van der Waals surface area contributed by atoms with Crippen LogP contribution >= 0.6 is 0 Å². The quantitative estimate of drug-likeness (QED) is 0.439. The number of nitrogen functional groups attached to an aromatic ring is 2. The smallest absolute Gasteiger partial charge is 0.394 e. The van der Waals surface area contributed by atoms with Crippen LogP contribution in [-0.4, -0.2) is 30.7 Å². The standard InChI is InChI=1S/C17H22N2O2.H2O4S/c1-17(2,11-20-15-7-3-13(18)4-8-15)12-21-16-9-5-14(19)6-10-16;1-5(2,3)4/h3-10H,11-12,18-19H2,1-2H3;(H2,1,2,3,4). The minimum Gasteiger partial charge on any atom is -0.493 e. The van der Waals surface area contributed by atoms with E-state index in [2.05, 4.69) is 13.8 Å². The van der Waals surface area contributed by atoms with Crippen molar-refractivity contribution in [2.24, 2.45) is 5.41 Å². The van der Waals surface area contributed by atoms with Crippen molar-refractivity contribution in [3.8, 4) is 11.5 Å². The van der Waals surface area contributed by atoms with E-state index >= 15 is 0 Å². The fourth-order valence-corrected chi connectivity index (χ4v) is 1.73. The molecule has 0 saturated heterocycles. The maximum Gasteiger partial charge on any atom is 0.394 e. The van der Waals surface area contributed by atoms with E-state index in [1.165, 1.54) is 0 Å². The summed E-state index contributed by atoms with van der Waals surface area (Å²) in [5, 5.41) is 0. The molecule has 2 aromatic rings. The van der Waals surface area contributed by atoms with E-state index in [0.717, 1.165) is 22.9 Å². The molecule has 0 saturated carbocycles. The van der Waals surface area contributed by atoms with Crippen molar-refractivity contribution in [1.29, 1.82) is 0 Å². The third-order valence-corrected chi connectivity index (χ3v) is 3.02. The van der Waals surface area contributed by atoms with Crippen LogP contribution in [0.2, 0.25) is 0 Å². The van der Waals surface area contributed by atoms with Gasteiger partial charge in [0.1, 0.15) is 11.5 Å². The molecule has 0 aliphatic rings. The van der Waals surface area contributed by atoms with Crippen molar-refractivity contribution in [1.82, 2.24) is 0 Å². The number of rotatable bonds is 6. The van der Waals surface area contributed by atoms with Gasteiger partial charge in [0, 0.05) is 16.8 Å².